The highest BCUT2D eigenvalue weighted by atomic mass is 16.5. The third kappa shape index (κ3) is 3.47. The van der Waals surface area contributed by atoms with Gasteiger partial charge in [0.25, 0.3) is 5.91 Å². The Bertz CT molecular complexity index is 563. The van der Waals surface area contributed by atoms with E-state index in [0.717, 1.165) is 0 Å². The summed E-state index contributed by atoms with van der Waals surface area (Å²) in [4.78, 5) is 23.8. The fraction of sp³-hybridized carbons (Fsp3) is 0.200. The number of benzene rings is 1. The lowest BCUT2D eigenvalue weighted by molar-refractivity contribution is -0.142. The van der Waals surface area contributed by atoms with Crippen molar-refractivity contribution >= 4 is 11.9 Å². The number of hydrogen-bond donors (Lipinski definition) is 1. The molecule has 1 atom stereocenters. The van der Waals surface area contributed by atoms with Gasteiger partial charge in [-0.1, -0.05) is 18.2 Å². The highest BCUT2D eigenvalue weighted by Gasteiger charge is 2.23. The van der Waals surface area contributed by atoms with E-state index < -0.39 is 12.0 Å². The molecule has 0 aliphatic heterocycles. The molecule has 5 heteroatoms. The second-order valence-electron chi connectivity index (χ2n) is 4.20. The lowest BCUT2D eigenvalue weighted by Gasteiger charge is -2.15. The highest BCUT2D eigenvalue weighted by molar-refractivity contribution is 5.96. The van der Waals surface area contributed by atoms with E-state index in [-0.39, 0.29) is 12.3 Å². The molecule has 1 aromatic carbocycles. The van der Waals surface area contributed by atoms with Crippen LogP contribution in [0.4, 0.5) is 0 Å². The van der Waals surface area contributed by atoms with Gasteiger partial charge in [-0.05, 0) is 24.3 Å². The maximum absolute atomic E-state index is 12.1. The van der Waals surface area contributed by atoms with E-state index in [9.17, 15) is 9.59 Å². The van der Waals surface area contributed by atoms with Gasteiger partial charge in [-0.15, -0.1) is 0 Å². The van der Waals surface area contributed by atoms with Crippen molar-refractivity contribution in [2.24, 2.45) is 0 Å². The van der Waals surface area contributed by atoms with Crippen LogP contribution in [0.15, 0.2) is 53.1 Å². The number of methoxy groups -OCH3 is 1. The zero-order valence-electron chi connectivity index (χ0n) is 11.0. The third-order valence-electron chi connectivity index (χ3n) is 2.81. The van der Waals surface area contributed by atoms with Gasteiger partial charge in [0.15, 0.2) is 0 Å². The van der Waals surface area contributed by atoms with Crippen LogP contribution in [-0.4, -0.2) is 25.0 Å². The largest absolute Gasteiger partial charge is 0.469 e. The highest BCUT2D eigenvalue weighted by Crippen LogP contribution is 2.07. The molecule has 0 unspecified atom stereocenters. The Hall–Kier alpha value is -2.56. The van der Waals surface area contributed by atoms with Crippen LogP contribution in [0.3, 0.4) is 0 Å². The first-order chi connectivity index (χ1) is 9.70. The first-order valence-electron chi connectivity index (χ1n) is 6.17. The van der Waals surface area contributed by atoms with Crippen LogP contribution in [0.25, 0.3) is 0 Å². The van der Waals surface area contributed by atoms with Gasteiger partial charge >= 0.3 is 5.97 Å². The second kappa shape index (κ2) is 6.56. The molecule has 0 saturated heterocycles. The number of carbonyl (C=O) groups excluding carboxylic acids is 2. The first-order valence-corrected chi connectivity index (χ1v) is 6.17. The van der Waals surface area contributed by atoms with E-state index >= 15 is 0 Å². The summed E-state index contributed by atoms with van der Waals surface area (Å²) in [6.07, 6.45) is 1.76. The SMILES string of the molecule is COC(=O)[C@H](Cc1ccco1)NC(=O)c1ccccc1. The van der Waals surface area contributed by atoms with Crippen molar-refractivity contribution in [2.45, 2.75) is 12.5 Å². The maximum atomic E-state index is 12.1. The van der Waals surface area contributed by atoms with Gasteiger partial charge in [0.05, 0.1) is 13.4 Å². The average molecular weight is 273 g/mol. The van der Waals surface area contributed by atoms with Gasteiger partial charge in [0.1, 0.15) is 11.8 Å². The van der Waals surface area contributed by atoms with Crippen LogP contribution in [-0.2, 0) is 16.0 Å². The minimum atomic E-state index is -0.779. The van der Waals surface area contributed by atoms with Crippen LogP contribution >= 0.6 is 0 Å². The topological polar surface area (TPSA) is 68.5 Å². The summed E-state index contributed by atoms with van der Waals surface area (Å²) < 4.78 is 9.89. The number of nitrogens with one attached hydrogen (secondary N) is 1. The van der Waals surface area contributed by atoms with Gasteiger partial charge in [0.2, 0.25) is 0 Å². The molecule has 20 heavy (non-hydrogen) atoms. The van der Waals surface area contributed by atoms with Crippen LogP contribution in [0, 0.1) is 0 Å². The molecule has 0 bridgehead atoms. The van der Waals surface area contributed by atoms with E-state index in [1.54, 1.807) is 36.4 Å². The predicted molar refractivity (Wildman–Crippen MR) is 72.1 cm³/mol. The molecule has 0 saturated carbocycles. The summed E-state index contributed by atoms with van der Waals surface area (Å²) in [5.41, 5.74) is 0.487. The molecule has 1 aromatic heterocycles. The van der Waals surface area contributed by atoms with E-state index in [1.807, 2.05) is 6.07 Å². The Balaban J connectivity index is 2.08. The number of rotatable bonds is 5. The fourth-order valence-corrected chi connectivity index (χ4v) is 1.80. The Morgan fingerprint density at radius 3 is 2.55 bits per heavy atom. The normalized spacial score (nSPS) is 11.7. The van der Waals surface area contributed by atoms with Gasteiger partial charge < -0.3 is 14.5 Å². The van der Waals surface area contributed by atoms with Crippen molar-refractivity contribution in [3.8, 4) is 0 Å². The Kier molecular flexibility index (Phi) is 4.55. The van der Waals surface area contributed by atoms with Crippen LogP contribution in [0.5, 0.6) is 0 Å². The molecule has 0 radical (unpaired) electrons. The first kappa shape index (κ1) is 13.9. The summed E-state index contributed by atoms with van der Waals surface area (Å²) in [7, 11) is 1.28. The van der Waals surface area contributed by atoms with E-state index in [4.69, 9.17) is 9.15 Å². The molecule has 104 valence electrons. The zero-order valence-corrected chi connectivity index (χ0v) is 11.0. The van der Waals surface area contributed by atoms with Crippen LogP contribution in [0.2, 0.25) is 0 Å². The van der Waals surface area contributed by atoms with E-state index in [0.29, 0.717) is 11.3 Å². The predicted octanol–water partition coefficient (Wildman–Crippen LogP) is 1.79. The van der Waals surface area contributed by atoms with Crippen molar-refractivity contribution in [3.63, 3.8) is 0 Å². The molecule has 1 N–H and O–H groups in total. The van der Waals surface area contributed by atoms with E-state index in [1.165, 1.54) is 13.4 Å². The summed E-state index contributed by atoms with van der Waals surface area (Å²) >= 11 is 0. The number of carbonyl (C=O) groups is 2. The molecule has 0 spiro atoms. The van der Waals surface area contributed by atoms with Crippen LogP contribution < -0.4 is 5.32 Å². The van der Waals surface area contributed by atoms with Crippen molar-refractivity contribution in [1.29, 1.82) is 0 Å². The molecule has 5 nitrogen and oxygen atoms in total. The quantitative estimate of drug-likeness (QED) is 0.843. The molecule has 0 aliphatic carbocycles. The minimum absolute atomic E-state index is 0.248. The number of furan rings is 1. The van der Waals surface area contributed by atoms with Crippen LogP contribution in [0.1, 0.15) is 16.1 Å². The summed E-state index contributed by atoms with van der Waals surface area (Å²) in [6, 6.07) is 11.4. The lowest BCUT2D eigenvalue weighted by Crippen LogP contribution is -2.43. The molecular formula is C15H15NO4. The minimum Gasteiger partial charge on any atom is -0.469 e. The second-order valence-corrected chi connectivity index (χ2v) is 4.20. The number of esters is 1. The smallest absolute Gasteiger partial charge is 0.328 e. The molecule has 0 fully saturated rings. The Morgan fingerprint density at radius 1 is 1.20 bits per heavy atom. The summed E-state index contributed by atoms with van der Waals surface area (Å²) in [5.74, 6) is -0.230. The summed E-state index contributed by atoms with van der Waals surface area (Å²) in [5, 5.41) is 2.65. The lowest BCUT2D eigenvalue weighted by atomic mass is 10.1. The molecular weight excluding hydrogens is 258 g/mol. The summed E-state index contributed by atoms with van der Waals surface area (Å²) in [6.45, 7) is 0. The maximum Gasteiger partial charge on any atom is 0.328 e. The van der Waals surface area contributed by atoms with Gasteiger partial charge in [-0.25, -0.2) is 4.79 Å². The Labute approximate surface area is 116 Å². The zero-order chi connectivity index (χ0) is 14.4. The Morgan fingerprint density at radius 2 is 1.95 bits per heavy atom. The molecule has 1 heterocycles. The molecule has 0 aliphatic rings. The van der Waals surface area contributed by atoms with E-state index in [2.05, 4.69) is 5.32 Å². The average Bonchev–Trinajstić information content (AvgIpc) is 2.99. The monoisotopic (exact) mass is 273 g/mol. The van der Waals surface area contributed by atoms with Gasteiger partial charge in [-0.2, -0.15) is 0 Å². The van der Waals surface area contributed by atoms with Crippen molar-refractivity contribution in [1.82, 2.24) is 5.32 Å². The van der Waals surface area contributed by atoms with Gasteiger partial charge in [0, 0.05) is 12.0 Å². The fourth-order valence-electron chi connectivity index (χ4n) is 1.80. The molecule has 2 rings (SSSR count). The number of ether oxygens (including phenoxy) is 1. The van der Waals surface area contributed by atoms with Crippen molar-refractivity contribution < 1.29 is 18.7 Å². The standard InChI is InChI=1S/C15H15NO4/c1-19-15(18)13(10-12-8-5-9-20-12)16-14(17)11-6-3-2-4-7-11/h2-9,13H,10H2,1H3,(H,16,17)/t13-/m0/s1. The molecule has 2 aromatic rings. The molecule has 1 amide bonds. The number of hydrogen-bond acceptors (Lipinski definition) is 4. The van der Waals surface area contributed by atoms with Gasteiger partial charge in [-0.3, -0.25) is 4.79 Å². The van der Waals surface area contributed by atoms with Crippen molar-refractivity contribution in [2.75, 3.05) is 7.11 Å². The number of amides is 1. The van der Waals surface area contributed by atoms with Crippen molar-refractivity contribution in [3.05, 3.63) is 60.1 Å². The third-order valence-corrected chi connectivity index (χ3v) is 2.81.